The zero-order chi connectivity index (χ0) is 17.2. The first-order valence-electron chi connectivity index (χ1n) is 7.92. The van der Waals surface area contributed by atoms with Crippen LogP contribution in [0.5, 0.6) is 5.19 Å². The summed E-state index contributed by atoms with van der Waals surface area (Å²) in [4.78, 5) is 19.0. The summed E-state index contributed by atoms with van der Waals surface area (Å²) in [7, 11) is 0. The molecule has 4 rings (SSSR count). The molecule has 0 N–H and O–H groups in total. The van der Waals surface area contributed by atoms with E-state index in [9.17, 15) is 4.79 Å². The van der Waals surface area contributed by atoms with Crippen LogP contribution in [0.15, 0.2) is 41.6 Å². The normalized spacial score (nSPS) is 19.6. The molecule has 8 heteroatoms. The standard InChI is InChI=1S/C17H15N5O2S/c18-8-14-9-19-16(25-14)24-13-10-21(11-13)17(23)22-15(6-7-20-22)12-4-2-1-3-5-12/h1-5,7,9,13,15H,6,10-11H2. The van der Waals surface area contributed by atoms with Crippen molar-refractivity contribution in [2.24, 2.45) is 5.10 Å². The molecule has 25 heavy (non-hydrogen) atoms. The number of carbonyl (C=O) groups is 1. The van der Waals surface area contributed by atoms with Crippen molar-refractivity contribution in [2.45, 2.75) is 18.6 Å². The summed E-state index contributed by atoms with van der Waals surface area (Å²) in [6, 6.07) is 11.8. The van der Waals surface area contributed by atoms with E-state index in [0.29, 0.717) is 23.2 Å². The topological polar surface area (TPSA) is 81.8 Å². The number of hydrogen-bond acceptors (Lipinski definition) is 6. The molecule has 2 aliphatic rings. The molecule has 1 unspecified atom stereocenters. The quantitative estimate of drug-likeness (QED) is 0.849. The lowest BCUT2D eigenvalue weighted by molar-refractivity contribution is 0.0276. The Kier molecular flexibility index (Phi) is 4.07. The van der Waals surface area contributed by atoms with Crippen molar-refractivity contribution in [3.63, 3.8) is 0 Å². The second-order valence-corrected chi connectivity index (χ2v) is 6.83. The molecule has 1 aromatic carbocycles. The van der Waals surface area contributed by atoms with Gasteiger partial charge in [0.25, 0.3) is 5.19 Å². The molecule has 1 saturated heterocycles. The summed E-state index contributed by atoms with van der Waals surface area (Å²) in [6.07, 6.45) is 3.90. The van der Waals surface area contributed by atoms with Gasteiger partial charge in [-0.25, -0.2) is 14.8 Å². The summed E-state index contributed by atoms with van der Waals surface area (Å²) < 4.78 is 5.69. The molecule has 126 valence electrons. The number of benzene rings is 1. The number of urea groups is 1. The van der Waals surface area contributed by atoms with Crippen molar-refractivity contribution in [3.05, 3.63) is 47.0 Å². The highest BCUT2D eigenvalue weighted by Gasteiger charge is 2.39. The van der Waals surface area contributed by atoms with Gasteiger partial charge < -0.3 is 9.64 Å². The highest BCUT2D eigenvalue weighted by atomic mass is 32.1. The van der Waals surface area contributed by atoms with Crippen LogP contribution >= 0.6 is 11.3 Å². The second kappa shape index (κ2) is 6.53. The molecule has 0 spiro atoms. The van der Waals surface area contributed by atoms with Crippen molar-refractivity contribution in [3.8, 4) is 11.3 Å². The van der Waals surface area contributed by atoms with E-state index in [4.69, 9.17) is 10.00 Å². The van der Waals surface area contributed by atoms with Gasteiger partial charge in [0.2, 0.25) is 0 Å². The maximum Gasteiger partial charge on any atom is 0.341 e. The van der Waals surface area contributed by atoms with Gasteiger partial charge in [-0.1, -0.05) is 41.7 Å². The van der Waals surface area contributed by atoms with Crippen LogP contribution in [-0.4, -0.2) is 46.3 Å². The third-order valence-electron chi connectivity index (χ3n) is 4.19. The van der Waals surface area contributed by atoms with Gasteiger partial charge in [0.1, 0.15) is 17.1 Å². The summed E-state index contributed by atoms with van der Waals surface area (Å²) in [6.45, 7) is 0.988. The largest absolute Gasteiger partial charge is 0.463 e. The molecule has 7 nitrogen and oxygen atoms in total. The van der Waals surface area contributed by atoms with Crippen LogP contribution in [-0.2, 0) is 0 Å². The van der Waals surface area contributed by atoms with Crippen LogP contribution in [0.25, 0.3) is 0 Å². The van der Waals surface area contributed by atoms with E-state index < -0.39 is 0 Å². The molecule has 2 aliphatic heterocycles. The molecule has 0 saturated carbocycles. The van der Waals surface area contributed by atoms with Crippen LogP contribution in [0.4, 0.5) is 4.79 Å². The van der Waals surface area contributed by atoms with Crippen molar-refractivity contribution >= 4 is 23.6 Å². The minimum absolute atomic E-state index is 0.0502. The third-order valence-corrected chi connectivity index (χ3v) is 4.98. The Morgan fingerprint density at radius 2 is 2.12 bits per heavy atom. The van der Waals surface area contributed by atoms with E-state index in [2.05, 4.69) is 10.1 Å². The van der Waals surface area contributed by atoms with E-state index in [1.807, 2.05) is 36.4 Å². The Hall–Kier alpha value is -2.92. The lowest BCUT2D eigenvalue weighted by Crippen LogP contribution is -2.58. The molecule has 2 aromatic rings. The Morgan fingerprint density at radius 1 is 1.32 bits per heavy atom. The number of aromatic nitrogens is 1. The number of hydrazone groups is 1. The van der Waals surface area contributed by atoms with Crippen LogP contribution < -0.4 is 4.74 Å². The van der Waals surface area contributed by atoms with Crippen LogP contribution in [0.1, 0.15) is 22.9 Å². The molecular formula is C17H15N5O2S. The molecule has 3 heterocycles. The molecule has 1 aromatic heterocycles. The first-order valence-corrected chi connectivity index (χ1v) is 8.74. The number of nitriles is 1. The predicted octanol–water partition coefficient (Wildman–Crippen LogP) is 2.63. The van der Waals surface area contributed by atoms with Gasteiger partial charge in [0.05, 0.1) is 25.3 Å². The maximum atomic E-state index is 12.7. The lowest BCUT2D eigenvalue weighted by Gasteiger charge is -2.40. The van der Waals surface area contributed by atoms with E-state index in [0.717, 1.165) is 12.0 Å². The number of likely N-dealkylation sites (tertiary alicyclic amines) is 1. The van der Waals surface area contributed by atoms with Gasteiger partial charge >= 0.3 is 6.03 Å². The Labute approximate surface area is 148 Å². The van der Waals surface area contributed by atoms with E-state index >= 15 is 0 Å². The summed E-state index contributed by atoms with van der Waals surface area (Å²) in [5.74, 6) is 0. The fourth-order valence-corrected chi connectivity index (χ4v) is 3.50. The molecular weight excluding hydrogens is 338 g/mol. The third kappa shape index (κ3) is 3.06. The van der Waals surface area contributed by atoms with Gasteiger partial charge in [-0.2, -0.15) is 10.4 Å². The number of amides is 2. The highest BCUT2D eigenvalue weighted by molar-refractivity contribution is 7.13. The lowest BCUT2D eigenvalue weighted by atomic mass is 10.0. The fraction of sp³-hybridized carbons (Fsp3) is 0.294. The summed E-state index contributed by atoms with van der Waals surface area (Å²) in [5.41, 5.74) is 1.08. The Morgan fingerprint density at radius 3 is 2.84 bits per heavy atom. The van der Waals surface area contributed by atoms with Crippen molar-refractivity contribution in [2.75, 3.05) is 13.1 Å². The molecule has 1 atom stereocenters. The van der Waals surface area contributed by atoms with Gasteiger partial charge in [0, 0.05) is 12.6 Å². The van der Waals surface area contributed by atoms with Crippen molar-refractivity contribution in [1.82, 2.24) is 14.9 Å². The van der Waals surface area contributed by atoms with Gasteiger partial charge in [-0.05, 0) is 5.56 Å². The maximum absolute atomic E-state index is 12.7. The Balaban J connectivity index is 1.35. The first kappa shape index (κ1) is 15.6. The van der Waals surface area contributed by atoms with E-state index in [1.54, 1.807) is 16.1 Å². The number of rotatable bonds is 3. The minimum atomic E-state index is -0.112. The average Bonchev–Trinajstić information content (AvgIpc) is 3.27. The monoisotopic (exact) mass is 353 g/mol. The van der Waals surface area contributed by atoms with Crippen LogP contribution in [0.2, 0.25) is 0 Å². The molecule has 0 aliphatic carbocycles. The Bertz CT molecular complexity index is 838. The SMILES string of the molecule is N#Cc1cnc(OC2CN(C(=O)N3N=CCC3c3ccccc3)C2)s1. The predicted molar refractivity (Wildman–Crippen MR) is 92.3 cm³/mol. The van der Waals surface area contributed by atoms with Gasteiger partial charge in [-0.3, -0.25) is 0 Å². The molecule has 0 radical (unpaired) electrons. The van der Waals surface area contributed by atoms with E-state index in [-0.39, 0.29) is 18.2 Å². The molecule has 0 bridgehead atoms. The molecule has 1 fully saturated rings. The minimum Gasteiger partial charge on any atom is -0.463 e. The first-order chi connectivity index (χ1) is 12.2. The summed E-state index contributed by atoms with van der Waals surface area (Å²) >= 11 is 1.21. The van der Waals surface area contributed by atoms with Crippen molar-refractivity contribution in [1.29, 1.82) is 5.26 Å². The zero-order valence-electron chi connectivity index (χ0n) is 13.3. The number of hydrogen-bond donors (Lipinski definition) is 0. The fourth-order valence-electron chi connectivity index (χ4n) is 2.87. The highest BCUT2D eigenvalue weighted by Crippen LogP contribution is 2.30. The second-order valence-electron chi connectivity index (χ2n) is 5.83. The van der Waals surface area contributed by atoms with Gasteiger partial charge in [-0.15, -0.1) is 0 Å². The van der Waals surface area contributed by atoms with Gasteiger partial charge in [0.15, 0.2) is 0 Å². The number of thiazole rings is 1. The smallest absolute Gasteiger partial charge is 0.341 e. The van der Waals surface area contributed by atoms with Crippen LogP contribution in [0, 0.1) is 11.3 Å². The number of carbonyl (C=O) groups excluding carboxylic acids is 1. The number of ether oxygens (including phenoxy) is 1. The van der Waals surface area contributed by atoms with E-state index in [1.165, 1.54) is 17.5 Å². The van der Waals surface area contributed by atoms with Crippen LogP contribution in [0.3, 0.4) is 0 Å². The average molecular weight is 353 g/mol. The zero-order valence-corrected chi connectivity index (χ0v) is 14.1. The number of nitrogens with zero attached hydrogens (tertiary/aromatic N) is 5. The summed E-state index contributed by atoms with van der Waals surface area (Å²) in [5, 5.41) is 15.1. The molecule has 2 amide bonds. The van der Waals surface area contributed by atoms with Crippen molar-refractivity contribution < 1.29 is 9.53 Å².